The molecule has 0 radical (unpaired) electrons. The molecular formula is C22H24ClN5O2. The van der Waals surface area contributed by atoms with E-state index in [-0.39, 0.29) is 23.9 Å². The summed E-state index contributed by atoms with van der Waals surface area (Å²) in [6.07, 6.45) is 0.766. The molecule has 1 aliphatic rings. The van der Waals surface area contributed by atoms with Gasteiger partial charge >= 0.3 is 0 Å². The summed E-state index contributed by atoms with van der Waals surface area (Å²) in [7, 11) is 1.65. The SMILES string of the molecule is COc1ccc([C@@H]2C[C@@H](c3ccc(Cl)cc3)Nc3nc(NC(=O)C(C)C)nn32)cc1. The van der Waals surface area contributed by atoms with Crippen LogP contribution < -0.4 is 15.4 Å². The number of fused-ring (bicyclic) bond motifs is 1. The van der Waals surface area contributed by atoms with Gasteiger partial charge in [0.05, 0.1) is 19.2 Å². The van der Waals surface area contributed by atoms with E-state index in [0.717, 1.165) is 23.3 Å². The predicted molar refractivity (Wildman–Crippen MR) is 117 cm³/mol. The molecule has 0 fully saturated rings. The summed E-state index contributed by atoms with van der Waals surface area (Å²) in [6, 6.07) is 15.7. The lowest BCUT2D eigenvalue weighted by Gasteiger charge is -2.31. The molecule has 3 aromatic rings. The number of aromatic nitrogens is 3. The Balaban J connectivity index is 1.70. The first-order valence-corrected chi connectivity index (χ1v) is 10.3. The largest absolute Gasteiger partial charge is 0.497 e. The van der Waals surface area contributed by atoms with Crippen molar-refractivity contribution in [1.82, 2.24) is 14.8 Å². The lowest BCUT2D eigenvalue weighted by molar-refractivity contribution is -0.118. The minimum Gasteiger partial charge on any atom is -0.497 e. The number of nitrogens with one attached hydrogen (secondary N) is 2. The number of anilines is 2. The Hall–Kier alpha value is -3.06. The van der Waals surface area contributed by atoms with Crippen LogP contribution in [0.5, 0.6) is 5.75 Å². The molecule has 0 aliphatic carbocycles. The Morgan fingerprint density at radius 2 is 1.83 bits per heavy atom. The third kappa shape index (κ3) is 4.11. The number of hydrogen-bond acceptors (Lipinski definition) is 5. The zero-order valence-electron chi connectivity index (χ0n) is 17.1. The molecule has 2 heterocycles. The Labute approximate surface area is 180 Å². The van der Waals surface area contributed by atoms with E-state index in [1.54, 1.807) is 7.11 Å². The van der Waals surface area contributed by atoms with Gasteiger partial charge in [-0.25, -0.2) is 4.68 Å². The highest BCUT2D eigenvalue weighted by Gasteiger charge is 2.31. The maximum absolute atomic E-state index is 12.1. The van der Waals surface area contributed by atoms with Crippen molar-refractivity contribution in [2.24, 2.45) is 5.92 Å². The lowest BCUT2D eigenvalue weighted by atomic mass is 9.93. The molecule has 30 heavy (non-hydrogen) atoms. The highest BCUT2D eigenvalue weighted by Crippen LogP contribution is 2.38. The van der Waals surface area contributed by atoms with Gasteiger partial charge in [0, 0.05) is 10.9 Å². The molecule has 0 unspecified atom stereocenters. The van der Waals surface area contributed by atoms with Crippen LogP contribution in [0.25, 0.3) is 0 Å². The van der Waals surface area contributed by atoms with E-state index in [4.69, 9.17) is 16.3 Å². The van der Waals surface area contributed by atoms with Gasteiger partial charge in [0.2, 0.25) is 11.9 Å². The van der Waals surface area contributed by atoms with E-state index in [1.165, 1.54) is 0 Å². The molecule has 0 saturated heterocycles. The molecule has 0 spiro atoms. The van der Waals surface area contributed by atoms with E-state index in [0.29, 0.717) is 16.9 Å². The summed E-state index contributed by atoms with van der Waals surface area (Å²) in [4.78, 5) is 16.7. The minimum absolute atomic E-state index is 0.0275. The molecule has 2 N–H and O–H groups in total. The smallest absolute Gasteiger partial charge is 0.250 e. The number of ether oxygens (including phenoxy) is 1. The van der Waals surface area contributed by atoms with Crippen LogP contribution in [0.1, 0.15) is 43.5 Å². The Morgan fingerprint density at radius 3 is 2.47 bits per heavy atom. The van der Waals surface area contributed by atoms with Gasteiger partial charge in [0.15, 0.2) is 0 Å². The predicted octanol–water partition coefficient (Wildman–Crippen LogP) is 4.68. The minimum atomic E-state index is -0.155. The van der Waals surface area contributed by atoms with Crippen molar-refractivity contribution in [2.45, 2.75) is 32.4 Å². The van der Waals surface area contributed by atoms with Crippen LogP contribution in [0.3, 0.4) is 0 Å². The quantitative estimate of drug-likeness (QED) is 0.620. The topological polar surface area (TPSA) is 81.1 Å². The van der Waals surface area contributed by atoms with Gasteiger partial charge in [-0.05, 0) is 41.8 Å². The van der Waals surface area contributed by atoms with E-state index < -0.39 is 0 Å². The molecule has 4 rings (SSSR count). The molecular weight excluding hydrogens is 402 g/mol. The fourth-order valence-electron chi connectivity index (χ4n) is 3.50. The van der Waals surface area contributed by atoms with Crippen molar-refractivity contribution in [2.75, 3.05) is 17.7 Å². The number of methoxy groups -OCH3 is 1. The molecule has 1 aliphatic heterocycles. The number of hydrogen-bond donors (Lipinski definition) is 2. The second-order valence-corrected chi connectivity index (χ2v) is 8.06. The molecule has 2 atom stereocenters. The molecule has 8 heteroatoms. The normalized spacial score (nSPS) is 17.9. The van der Waals surface area contributed by atoms with Crippen LogP contribution in [0.4, 0.5) is 11.9 Å². The van der Waals surface area contributed by atoms with E-state index >= 15 is 0 Å². The first kappa shape index (κ1) is 20.2. The molecule has 0 bridgehead atoms. The monoisotopic (exact) mass is 425 g/mol. The zero-order valence-corrected chi connectivity index (χ0v) is 17.8. The highest BCUT2D eigenvalue weighted by molar-refractivity contribution is 6.30. The van der Waals surface area contributed by atoms with Crippen molar-refractivity contribution in [1.29, 1.82) is 0 Å². The lowest BCUT2D eigenvalue weighted by Crippen LogP contribution is -2.28. The van der Waals surface area contributed by atoms with Gasteiger partial charge in [-0.15, -0.1) is 5.10 Å². The molecule has 1 aromatic heterocycles. The van der Waals surface area contributed by atoms with Gasteiger partial charge in [0.1, 0.15) is 5.75 Å². The van der Waals surface area contributed by atoms with Crippen LogP contribution in [-0.2, 0) is 4.79 Å². The molecule has 2 aromatic carbocycles. The van der Waals surface area contributed by atoms with Gasteiger partial charge in [0.25, 0.3) is 5.95 Å². The van der Waals surface area contributed by atoms with Crippen LogP contribution in [0.2, 0.25) is 5.02 Å². The van der Waals surface area contributed by atoms with Crippen molar-refractivity contribution < 1.29 is 9.53 Å². The number of rotatable bonds is 5. The van der Waals surface area contributed by atoms with Gasteiger partial charge in [-0.3, -0.25) is 10.1 Å². The third-order valence-corrected chi connectivity index (χ3v) is 5.47. The van der Waals surface area contributed by atoms with Crippen molar-refractivity contribution in [3.8, 4) is 5.75 Å². The Morgan fingerprint density at radius 1 is 1.17 bits per heavy atom. The fourth-order valence-corrected chi connectivity index (χ4v) is 3.63. The summed E-state index contributed by atoms with van der Waals surface area (Å²) >= 11 is 6.06. The first-order chi connectivity index (χ1) is 14.4. The van der Waals surface area contributed by atoms with Gasteiger partial charge in [-0.2, -0.15) is 4.98 Å². The van der Waals surface area contributed by atoms with Crippen molar-refractivity contribution in [3.05, 3.63) is 64.7 Å². The molecule has 1 amide bonds. The van der Waals surface area contributed by atoms with Crippen molar-refractivity contribution >= 4 is 29.4 Å². The van der Waals surface area contributed by atoms with Crippen molar-refractivity contribution in [3.63, 3.8) is 0 Å². The highest BCUT2D eigenvalue weighted by atomic mass is 35.5. The van der Waals surface area contributed by atoms with E-state index in [9.17, 15) is 4.79 Å². The third-order valence-electron chi connectivity index (χ3n) is 5.22. The number of amides is 1. The first-order valence-electron chi connectivity index (χ1n) is 9.88. The second kappa shape index (κ2) is 8.36. The van der Waals surface area contributed by atoms with Gasteiger partial charge in [-0.1, -0.05) is 49.7 Å². The fraction of sp³-hybridized carbons (Fsp3) is 0.318. The summed E-state index contributed by atoms with van der Waals surface area (Å²) in [5.74, 6) is 1.43. The number of carbonyl (C=O) groups is 1. The number of nitrogens with zero attached hydrogens (tertiary/aromatic N) is 3. The number of benzene rings is 2. The summed E-state index contributed by atoms with van der Waals surface area (Å²) in [5.41, 5.74) is 2.20. The Bertz CT molecular complexity index is 1030. The summed E-state index contributed by atoms with van der Waals surface area (Å²) < 4.78 is 7.13. The number of carbonyl (C=O) groups excluding carboxylic acids is 1. The zero-order chi connectivity index (χ0) is 21.3. The number of halogens is 1. The van der Waals surface area contributed by atoms with E-state index in [1.807, 2.05) is 67.1 Å². The molecule has 156 valence electrons. The van der Waals surface area contributed by atoms with Crippen LogP contribution in [0, 0.1) is 5.92 Å². The van der Waals surface area contributed by atoms with Gasteiger partial charge < -0.3 is 10.1 Å². The van der Waals surface area contributed by atoms with Crippen LogP contribution >= 0.6 is 11.6 Å². The summed E-state index contributed by atoms with van der Waals surface area (Å²) in [6.45, 7) is 3.67. The average molecular weight is 426 g/mol. The second-order valence-electron chi connectivity index (χ2n) is 7.62. The van der Waals surface area contributed by atoms with Crippen LogP contribution in [0.15, 0.2) is 48.5 Å². The summed E-state index contributed by atoms with van der Waals surface area (Å²) in [5, 5.41) is 11.5. The van der Waals surface area contributed by atoms with E-state index in [2.05, 4.69) is 20.7 Å². The maximum Gasteiger partial charge on any atom is 0.250 e. The Kier molecular flexibility index (Phi) is 5.63. The standard InChI is InChI=1S/C22H24ClN5O2/c1-13(2)20(29)25-21-26-22-24-18(14-4-8-16(23)9-5-14)12-19(28(22)27-21)15-6-10-17(30-3)11-7-15/h4-11,13,18-19H,12H2,1-3H3,(H2,24,25,26,27,29)/t18-,19-/m0/s1. The molecule has 7 nitrogen and oxygen atoms in total. The molecule has 0 saturated carbocycles. The average Bonchev–Trinajstić information content (AvgIpc) is 3.16. The van der Waals surface area contributed by atoms with Crippen LogP contribution in [-0.4, -0.2) is 27.8 Å². The maximum atomic E-state index is 12.1.